The quantitative estimate of drug-likeness (QED) is 0.781. The van der Waals surface area contributed by atoms with Crippen molar-refractivity contribution in [2.75, 3.05) is 13.1 Å². The summed E-state index contributed by atoms with van der Waals surface area (Å²) in [5.41, 5.74) is 2.00. The second kappa shape index (κ2) is 7.17. The minimum atomic E-state index is 0.0156. The van der Waals surface area contributed by atoms with Gasteiger partial charge in [0.1, 0.15) is 5.76 Å². The zero-order valence-electron chi connectivity index (χ0n) is 14.6. The number of rotatable bonds is 4. The van der Waals surface area contributed by atoms with Gasteiger partial charge in [0.25, 0.3) is 5.89 Å². The average Bonchev–Trinajstić information content (AvgIpc) is 3.26. The van der Waals surface area contributed by atoms with Gasteiger partial charge in [0.2, 0.25) is 5.91 Å². The van der Waals surface area contributed by atoms with Crippen LogP contribution in [0.1, 0.15) is 29.5 Å². The first-order chi connectivity index (χ1) is 12.7. The van der Waals surface area contributed by atoms with Crippen LogP contribution in [0.2, 0.25) is 0 Å². The molecule has 0 radical (unpaired) electrons. The van der Waals surface area contributed by atoms with Crippen molar-refractivity contribution in [2.24, 2.45) is 0 Å². The Kier molecular flexibility index (Phi) is 4.58. The van der Waals surface area contributed by atoms with Crippen molar-refractivity contribution < 1.29 is 13.6 Å². The van der Waals surface area contributed by atoms with Crippen molar-refractivity contribution in [3.05, 3.63) is 65.7 Å². The molecule has 2 aromatic heterocycles. The lowest BCUT2D eigenvalue weighted by molar-refractivity contribution is -0.121. The van der Waals surface area contributed by atoms with E-state index < -0.39 is 0 Å². The van der Waals surface area contributed by atoms with Gasteiger partial charge in [-0.1, -0.05) is 30.3 Å². The van der Waals surface area contributed by atoms with Crippen LogP contribution in [-0.4, -0.2) is 28.9 Å². The molecule has 0 bridgehead atoms. The predicted octanol–water partition coefficient (Wildman–Crippen LogP) is 3.31. The minimum Gasteiger partial charge on any atom is -0.459 e. The second-order valence-corrected chi connectivity index (χ2v) is 6.45. The summed E-state index contributed by atoms with van der Waals surface area (Å²) >= 11 is 0. The van der Waals surface area contributed by atoms with E-state index in [0.29, 0.717) is 31.2 Å². The first-order valence-corrected chi connectivity index (χ1v) is 8.76. The normalized spacial score (nSPS) is 18.5. The van der Waals surface area contributed by atoms with Crippen LogP contribution in [0.25, 0.3) is 11.7 Å². The fourth-order valence-corrected chi connectivity index (χ4v) is 3.34. The van der Waals surface area contributed by atoms with Gasteiger partial charge in [-0.2, -0.15) is 0 Å². The predicted molar refractivity (Wildman–Crippen MR) is 96.2 cm³/mol. The van der Waals surface area contributed by atoms with Gasteiger partial charge in [0.15, 0.2) is 5.76 Å². The zero-order valence-corrected chi connectivity index (χ0v) is 14.6. The largest absolute Gasteiger partial charge is 0.459 e. The number of furan rings is 1. The molecule has 3 aromatic rings. The van der Waals surface area contributed by atoms with Crippen molar-refractivity contribution in [2.45, 2.75) is 25.9 Å². The number of aromatic nitrogens is 1. The van der Waals surface area contributed by atoms with Gasteiger partial charge in [0, 0.05) is 32.1 Å². The summed E-state index contributed by atoms with van der Waals surface area (Å²) in [4.78, 5) is 19.0. The van der Waals surface area contributed by atoms with Crippen molar-refractivity contribution in [3.63, 3.8) is 0 Å². The van der Waals surface area contributed by atoms with Crippen molar-refractivity contribution in [1.82, 2.24) is 15.2 Å². The molecule has 6 nitrogen and oxygen atoms in total. The van der Waals surface area contributed by atoms with Gasteiger partial charge >= 0.3 is 0 Å². The zero-order chi connectivity index (χ0) is 17.9. The van der Waals surface area contributed by atoms with E-state index in [-0.39, 0.29) is 11.9 Å². The summed E-state index contributed by atoms with van der Waals surface area (Å²) in [7, 11) is 0. The summed E-state index contributed by atoms with van der Waals surface area (Å²) in [5.74, 6) is 1.95. The summed E-state index contributed by atoms with van der Waals surface area (Å²) in [6.07, 6.45) is 2.04. The third kappa shape index (κ3) is 3.41. The van der Waals surface area contributed by atoms with Crippen LogP contribution in [0.3, 0.4) is 0 Å². The van der Waals surface area contributed by atoms with Crippen LogP contribution in [-0.2, 0) is 11.3 Å². The molecule has 1 aromatic carbocycles. The number of amides is 1. The lowest BCUT2D eigenvalue weighted by Crippen LogP contribution is -2.30. The molecule has 6 heteroatoms. The molecule has 1 aliphatic rings. The summed E-state index contributed by atoms with van der Waals surface area (Å²) in [6.45, 7) is 3.91. The standard InChI is InChI=1S/C20H21N3O3/c1-14-16(22-20(26-14)18-8-5-11-25-18)13-23-10-9-21-19(24)12-17(23)15-6-3-2-4-7-15/h2-8,11,17H,9-10,12-13H2,1H3,(H,21,24)/t17-/m0/s1. The number of nitrogens with zero attached hydrogens (tertiary/aromatic N) is 2. The van der Waals surface area contributed by atoms with Crippen molar-refractivity contribution in [1.29, 1.82) is 0 Å². The van der Waals surface area contributed by atoms with Crippen LogP contribution < -0.4 is 5.32 Å². The van der Waals surface area contributed by atoms with Gasteiger partial charge in [0.05, 0.1) is 12.0 Å². The third-order valence-corrected chi connectivity index (χ3v) is 4.70. The summed E-state index contributed by atoms with van der Waals surface area (Å²) in [5, 5.41) is 2.96. The highest BCUT2D eigenvalue weighted by Crippen LogP contribution is 2.29. The highest BCUT2D eigenvalue weighted by Gasteiger charge is 2.28. The first kappa shape index (κ1) is 16.6. The number of hydrogen-bond donors (Lipinski definition) is 1. The smallest absolute Gasteiger partial charge is 0.263 e. The molecular weight excluding hydrogens is 330 g/mol. The Labute approximate surface area is 151 Å². The summed E-state index contributed by atoms with van der Waals surface area (Å²) < 4.78 is 11.2. The molecule has 0 aliphatic carbocycles. The Hall–Kier alpha value is -2.86. The monoisotopic (exact) mass is 351 g/mol. The Bertz CT molecular complexity index is 871. The molecule has 1 atom stereocenters. The molecule has 0 spiro atoms. The molecular formula is C20H21N3O3. The van der Waals surface area contributed by atoms with Gasteiger partial charge in [-0.05, 0) is 24.6 Å². The highest BCUT2D eigenvalue weighted by molar-refractivity contribution is 5.77. The molecule has 0 unspecified atom stereocenters. The molecule has 1 N–H and O–H groups in total. The van der Waals surface area contributed by atoms with Gasteiger partial charge in [-0.15, -0.1) is 0 Å². The number of oxazole rings is 1. The Morgan fingerprint density at radius 2 is 2.08 bits per heavy atom. The van der Waals surface area contributed by atoms with E-state index in [9.17, 15) is 4.79 Å². The van der Waals surface area contributed by atoms with Gasteiger partial charge < -0.3 is 14.2 Å². The Morgan fingerprint density at radius 1 is 1.23 bits per heavy atom. The highest BCUT2D eigenvalue weighted by atomic mass is 16.4. The van der Waals surface area contributed by atoms with Crippen LogP contribution in [0.5, 0.6) is 0 Å². The number of carbonyl (C=O) groups is 1. The summed E-state index contributed by atoms with van der Waals surface area (Å²) in [6, 6.07) is 13.8. The van der Waals surface area contributed by atoms with Crippen LogP contribution in [0.15, 0.2) is 57.6 Å². The maximum absolute atomic E-state index is 12.1. The maximum Gasteiger partial charge on any atom is 0.263 e. The lowest BCUT2D eigenvalue weighted by Gasteiger charge is -2.28. The molecule has 4 rings (SSSR count). The molecule has 134 valence electrons. The van der Waals surface area contributed by atoms with E-state index in [1.54, 1.807) is 6.26 Å². The van der Waals surface area contributed by atoms with Gasteiger partial charge in [-0.25, -0.2) is 4.98 Å². The molecule has 0 saturated carbocycles. The van der Waals surface area contributed by atoms with E-state index >= 15 is 0 Å². The number of benzene rings is 1. The molecule has 1 saturated heterocycles. The lowest BCUT2D eigenvalue weighted by atomic mass is 10.0. The fraction of sp³-hybridized carbons (Fsp3) is 0.300. The van der Waals surface area contributed by atoms with Crippen LogP contribution in [0, 0.1) is 6.92 Å². The number of nitrogens with one attached hydrogen (secondary N) is 1. The van der Waals surface area contributed by atoms with Crippen LogP contribution in [0.4, 0.5) is 0 Å². The average molecular weight is 351 g/mol. The topological polar surface area (TPSA) is 71.5 Å². The SMILES string of the molecule is Cc1oc(-c2ccco2)nc1CN1CCNC(=O)C[C@H]1c1ccccc1. The number of aryl methyl sites for hydroxylation is 1. The van der Waals surface area contributed by atoms with Crippen molar-refractivity contribution in [3.8, 4) is 11.7 Å². The van der Waals surface area contributed by atoms with E-state index in [1.165, 1.54) is 0 Å². The molecule has 1 aliphatic heterocycles. The van der Waals surface area contributed by atoms with E-state index in [4.69, 9.17) is 8.83 Å². The first-order valence-electron chi connectivity index (χ1n) is 8.76. The Balaban J connectivity index is 1.61. The molecule has 26 heavy (non-hydrogen) atoms. The molecule has 3 heterocycles. The number of hydrogen-bond acceptors (Lipinski definition) is 5. The fourth-order valence-electron chi connectivity index (χ4n) is 3.34. The van der Waals surface area contributed by atoms with Crippen molar-refractivity contribution >= 4 is 5.91 Å². The Morgan fingerprint density at radius 3 is 2.85 bits per heavy atom. The molecule has 1 fully saturated rings. The minimum absolute atomic E-state index is 0.0156. The second-order valence-electron chi connectivity index (χ2n) is 6.45. The molecule has 1 amide bonds. The van der Waals surface area contributed by atoms with E-state index in [2.05, 4.69) is 27.3 Å². The third-order valence-electron chi connectivity index (χ3n) is 4.70. The maximum atomic E-state index is 12.1. The van der Waals surface area contributed by atoms with Crippen LogP contribution >= 0.6 is 0 Å². The van der Waals surface area contributed by atoms with Gasteiger partial charge in [-0.3, -0.25) is 9.69 Å². The van der Waals surface area contributed by atoms with E-state index in [1.807, 2.05) is 37.3 Å². The number of carbonyl (C=O) groups excluding carboxylic acids is 1. The van der Waals surface area contributed by atoms with E-state index in [0.717, 1.165) is 23.6 Å².